The number of fused-ring (bicyclic) bond motifs is 1. The van der Waals surface area contributed by atoms with Crippen LogP contribution in [0.2, 0.25) is 0 Å². The van der Waals surface area contributed by atoms with Crippen molar-refractivity contribution in [2.75, 3.05) is 40.7 Å². The van der Waals surface area contributed by atoms with Gasteiger partial charge in [-0.3, -0.25) is 29.9 Å². The number of carbonyl (C=O) groups is 6. The van der Waals surface area contributed by atoms with Crippen molar-refractivity contribution in [2.45, 2.75) is 74.6 Å². The van der Waals surface area contributed by atoms with Crippen molar-refractivity contribution in [1.82, 2.24) is 34.4 Å². The van der Waals surface area contributed by atoms with Gasteiger partial charge in [0.2, 0.25) is 23.7 Å². The van der Waals surface area contributed by atoms with Gasteiger partial charge in [0.25, 0.3) is 37.8 Å². The summed E-state index contributed by atoms with van der Waals surface area (Å²) < 4.78 is 172. The number of nitrogens with one attached hydrogen (secondary N) is 4. The lowest BCUT2D eigenvalue weighted by Gasteiger charge is -2.29. The molecule has 1 aliphatic carbocycles. The number of alkyl halides is 7. The predicted octanol–water partition coefficient (Wildman–Crippen LogP) is 6.01. The Labute approximate surface area is 468 Å². The first-order valence-corrected chi connectivity index (χ1v) is 26.5. The minimum absolute atomic E-state index is 0.0170. The first-order valence-electron chi connectivity index (χ1n) is 23.5. The van der Waals surface area contributed by atoms with Crippen LogP contribution in [-0.2, 0) is 40.9 Å². The zero-order chi connectivity index (χ0) is 61.8. The summed E-state index contributed by atoms with van der Waals surface area (Å²) in [7, 11) is -7.86. The van der Waals surface area contributed by atoms with Crippen molar-refractivity contribution in [3.63, 3.8) is 0 Å². The number of carbonyl (C=O) groups excluding carboxylic acids is 5. The molecule has 0 fully saturated rings. The molecule has 0 atom stereocenters. The lowest BCUT2D eigenvalue weighted by atomic mass is 9.93. The number of imide groups is 1. The van der Waals surface area contributed by atoms with E-state index >= 15 is 0 Å². The Morgan fingerprint density at radius 3 is 1.85 bits per heavy atom. The number of rotatable bonds is 16. The molecule has 3 aliphatic rings. The number of halogens is 8. The van der Waals surface area contributed by atoms with Gasteiger partial charge < -0.3 is 24.1 Å². The van der Waals surface area contributed by atoms with Crippen LogP contribution in [0.15, 0.2) is 87.7 Å². The van der Waals surface area contributed by atoms with E-state index in [1.165, 1.54) is 60.1 Å². The zero-order valence-electron chi connectivity index (χ0n) is 42.9. The van der Waals surface area contributed by atoms with Crippen molar-refractivity contribution in [3.8, 4) is 35.9 Å². The molecule has 446 valence electrons. The summed E-state index contributed by atoms with van der Waals surface area (Å²) in [5, 5.41) is 12.8. The molecular weight excluding hydrogens is 1190 g/mol. The van der Waals surface area contributed by atoms with Gasteiger partial charge in [-0.25, -0.2) is 50.0 Å². The highest BCUT2D eigenvalue weighted by molar-refractivity contribution is 7.90. The average molecular weight is 1230 g/mol. The van der Waals surface area contributed by atoms with Crippen molar-refractivity contribution >= 4 is 79.1 Å². The van der Waals surface area contributed by atoms with E-state index in [9.17, 15) is 80.7 Å². The minimum atomic E-state index is -4.71. The fourth-order valence-corrected chi connectivity index (χ4v) is 9.99. The Hall–Kier alpha value is -9.79. The lowest BCUT2D eigenvalue weighted by Crippen LogP contribution is -2.39. The molecule has 3 aromatic carbocycles. The summed E-state index contributed by atoms with van der Waals surface area (Å²) in [6.07, 6.45) is 1.82. The maximum Gasteiger partial charge on any atom is 0.389 e. The number of terminal acetylenes is 1. The van der Waals surface area contributed by atoms with Gasteiger partial charge in [0, 0.05) is 23.6 Å². The molecule has 84 heavy (non-hydrogen) atoms. The quantitative estimate of drug-likeness (QED) is 0.0429. The van der Waals surface area contributed by atoms with Crippen LogP contribution < -0.4 is 48.8 Å². The molecule has 5 N–H and O–H groups in total. The number of carboxylic acid groups (broad SMARTS) is 1. The number of hydrogen-bond acceptors (Lipinski definition) is 19. The van der Waals surface area contributed by atoms with Gasteiger partial charge in [0.15, 0.2) is 12.4 Å². The van der Waals surface area contributed by atoms with Crippen LogP contribution in [0.1, 0.15) is 53.8 Å². The van der Waals surface area contributed by atoms with E-state index in [1.807, 2.05) is 0 Å². The Kier molecular flexibility index (Phi) is 20.3. The minimum Gasteiger partial charge on any atom is -0.481 e. The molecular formula is C48H41F8N11O15S2. The van der Waals surface area contributed by atoms with Crippen molar-refractivity contribution < 1.29 is 105 Å². The molecule has 0 saturated heterocycles. The summed E-state index contributed by atoms with van der Waals surface area (Å²) in [6, 6.07) is 9.40. The molecule has 26 nitrogen and oxygen atoms in total. The molecule has 8 rings (SSSR count). The van der Waals surface area contributed by atoms with E-state index in [2.05, 4.69) is 45.6 Å². The van der Waals surface area contributed by atoms with E-state index in [4.69, 9.17) is 21.0 Å². The van der Waals surface area contributed by atoms with Crippen molar-refractivity contribution in [1.29, 1.82) is 0 Å². The molecule has 2 aromatic heterocycles. The van der Waals surface area contributed by atoms with E-state index in [0.717, 1.165) is 42.0 Å². The highest BCUT2D eigenvalue weighted by Crippen LogP contribution is 2.42. The monoisotopic (exact) mass is 1230 g/mol. The fraction of sp³-hybridized carbons (Fsp3) is 0.271. The number of methoxy groups -OCH3 is 1. The number of benzene rings is 3. The molecule has 4 heterocycles. The van der Waals surface area contributed by atoms with E-state index < -0.39 is 121 Å². The highest BCUT2D eigenvalue weighted by Gasteiger charge is 2.42. The topological polar surface area (TPSA) is 347 Å². The number of anilines is 4. The number of nitrogens with zero attached hydrogens (tertiary/aromatic N) is 7. The third-order valence-corrected chi connectivity index (χ3v) is 13.9. The van der Waals surface area contributed by atoms with Crippen LogP contribution in [0.3, 0.4) is 0 Å². The third kappa shape index (κ3) is 16.4. The Balaban J connectivity index is 0.000000202. The lowest BCUT2D eigenvalue weighted by molar-refractivity contribution is -0.134. The molecule has 0 saturated carbocycles. The predicted molar refractivity (Wildman–Crippen MR) is 270 cm³/mol. The van der Waals surface area contributed by atoms with Crippen LogP contribution in [0.4, 0.5) is 68.0 Å². The Morgan fingerprint density at radius 1 is 0.774 bits per heavy atom. The van der Waals surface area contributed by atoms with Gasteiger partial charge in [-0.1, -0.05) is 36.3 Å². The second-order valence-corrected chi connectivity index (χ2v) is 20.1. The van der Waals surface area contributed by atoms with Gasteiger partial charge in [-0.2, -0.15) is 55.7 Å². The number of urea groups is 2. The van der Waals surface area contributed by atoms with Crippen molar-refractivity contribution in [2.24, 2.45) is 0 Å². The van der Waals surface area contributed by atoms with Crippen LogP contribution >= 0.6 is 0 Å². The molecule has 36 heteroatoms. The average Bonchev–Trinajstić information content (AvgIpc) is 1.95. The normalized spacial score (nSPS) is 13.9. The Bertz CT molecular complexity index is 3650. The molecule has 0 spiro atoms. The van der Waals surface area contributed by atoms with Gasteiger partial charge in [0.05, 0.1) is 41.6 Å². The number of sulfonamides is 2. The number of ether oxygens (including phenoxy) is 4. The maximum absolute atomic E-state index is 14.7. The third-order valence-electron chi connectivity index (χ3n) is 11.1. The summed E-state index contributed by atoms with van der Waals surface area (Å²) in [4.78, 5) is 91.3. The first-order chi connectivity index (χ1) is 39.5. The number of aromatic nitrogens is 5. The van der Waals surface area contributed by atoms with Crippen LogP contribution in [0.25, 0.3) is 0 Å². The van der Waals surface area contributed by atoms with E-state index in [1.54, 1.807) is 10.0 Å². The summed E-state index contributed by atoms with van der Waals surface area (Å²) in [6.45, 7) is -5.58. The van der Waals surface area contributed by atoms with Gasteiger partial charge in [-0.05, 0) is 68.9 Å². The molecule has 7 amide bonds. The zero-order valence-corrected chi connectivity index (χ0v) is 44.5. The molecule has 0 bridgehead atoms. The standard InChI is InChI=1S/C19H15FN2O4.C15H16F3N5O4S.C14H10F4N4O7S/c1-2-7-21-15-9-14(13(20)8-16(15)26-10-17(21)23)22-18(24)11-5-3-4-6-12(11)19(22)25;1-9-19-12(22-14(20-9)27-2)21-13(24)23-28(25,26)11-6-4-3-5-10(11)7-8-15(16,17)18;15-11(16)28-8-5-9(29-12(17)18)20-13(19-8)21-14(25)22-30(26,27)7-4-2-1-3-6(7)10(23)24/h1,8-9H,3-7,10H2;3-6H,7-8H2,1-2H3,(H2,19,20,21,22,23,24);1-5,11-12H,(H,23,24)(H2,19,20,21,22,25). The van der Waals surface area contributed by atoms with Gasteiger partial charge >= 0.3 is 43.4 Å². The number of aromatic carboxylic acids is 1. The Morgan fingerprint density at radius 2 is 1.31 bits per heavy atom. The number of amides is 7. The fourth-order valence-electron chi connectivity index (χ4n) is 7.71. The first kappa shape index (κ1) is 63.4. The van der Waals surface area contributed by atoms with E-state index in [0.29, 0.717) is 30.1 Å². The number of carboxylic acids is 1. The number of aryl methyl sites for hydroxylation is 2. The molecule has 5 aromatic rings. The van der Waals surface area contributed by atoms with Gasteiger partial charge in [0.1, 0.15) is 16.5 Å². The largest absolute Gasteiger partial charge is 0.481 e. The maximum atomic E-state index is 14.7. The second-order valence-electron chi connectivity index (χ2n) is 16.8. The van der Waals surface area contributed by atoms with Crippen LogP contribution in [0.5, 0.6) is 23.5 Å². The molecule has 0 unspecified atom stereocenters. The van der Waals surface area contributed by atoms with E-state index in [-0.39, 0.29) is 59.5 Å². The summed E-state index contributed by atoms with van der Waals surface area (Å²) >= 11 is 0. The smallest absolute Gasteiger partial charge is 0.389 e. The summed E-state index contributed by atoms with van der Waals surface area (Å²) in [5.74, 6) is -4.10. The number of hydrogen-bond donors (Lipinski definition) is 5. The summed E-state index contributed by atoms with van der Waals surface area (Å²) in [5.41, 5.74) is 0.277. The SMILES string of the molecule is C#CCN1C(=O)COc2cc(F)c(N3C(=O)C4=C(CCCC4)C3=O)cc21.COc1nc(C)nc(NC(=O)NS(=O)(=O)c2ccccc2CCC(F)(F)F)n1.O=C(Nc1nc(OC(F)F)cc(OC(F)F)n1)NS(=O)(=O)c1ccccc1C(=O)O. The molecule has 2 aliphatic heterocycles. The second kappa shape index (κ2) is 26.9. The highest BCUT2D eigenvalue weighted by atomic mass is 32.2. The van der Waals surface area contributed by atoms with Crippen molar-refractivity contribution in [3.05, 3.63) is 101 Å². The van der Waals surface area contributed by atoms with Crippen LogP contribution in [0, 0.1) is 25.1 Å². The van der Waals surface area contributed by atoms with Crippen LogP contribution in [-0.4, -0.2) is 122 Å². The molecule has 0 radical (unpaired) electrons. The van der Waals surface area contributed by atoms with Gasteiger partial charge in [-0.15, -0.1) is 6.42 Å².